The Morgan fingerprint density at radius 2 is 0.856 bits per heavy atom. The average Bonchev–Trinajstić information content (AvgIpc) is 1.65. The quantitative estimate of drug-likeness (QED) is 0.0568. The Kier molecular flexibility index (Phi) is 35.9. The number of thiophene rings is 4. The zero-order valence-corrected chi connectivity index (χ0v) is 67.4. The van der Waals surface area contributed by atoms with Crippen LogP contribution in [0.2, 0.25) is 10.0 Å². The number of nitrogens with zero attached hydrogens (tertiary/aromatic N) is 4. The summed E-state index contributed by atoms with van der Waals surface area (Å²) in [5, 5.41) is 48.3. The van der Waals surface area contributed by atoms with E-state index in [1.165, 1.54) is 63.7 Å². The largest absolute Gasteiger partial charge is 0.490 e. The molecule has 2 aromatic carbocycles. The van der Waals surface area contributed by atoms with Crippen molar-refractivity contribution in [2.45, 2.75) is 118 Å². The first-order valence-electron chi connectivity index (χ1n) is 32.9. The Labute approximate surface area is 659 Å². The minimum atomic E-state index is -1.00. The molecule has 0 atom stereocenters. The number of ether oxygens (including phenoxy) is 8. The summed E-state index contributed by atoms with van der Waals surface area (Å²) >= 11 is 26.6. The molecule has 0 radical (unpaired) electrons. The summed E-state index contributed by atoms with van der Waals surface area (Å²) in [7, 11) is -0.182. The molecule has 6 aromatic rings. The zero-order chi connectivity index (χ0) is 74.8. The van der Waals surface area contributed by atoms with Crippen molar-refractivity contribution in [2.24, 2.45) is 0 Å². The van der Waals surface area contributed by atoms with Gasteiger partial charge in [-0.3, -0.25) is 0 Å². The molecule has 0 bridgehead atoms. The van der Waals surface area contributed by atoms with Gasteiger partial charge in [0.05, 0.1) is 119 Å². The predicted octanol–water partition coefficient (Wildman–Crippen LogP) is 19.3. The average molecular weight is 1730 g/mol. The third-order valence-electron chi connectivity index (χ3n) is 16.4. The molecule has 0 unspecified atom stereocenters. The maximum absolute atomic E-state index is 12.5. The topological polar surface area (TPSA) is 276 Å². The van der Waals surface area contributed by atoms with Crippen LogP contribution in [-0.4, -0.2) is 133 Å². The fraction of sp³-hybridized carbons (Fsp3) is 0.413. The number of halogens is 5. The molecule has 6 aliphatic heterocycles. The molecule has 6 aliphatic rings. The van der Waals surface area contributed by atoms with Crippen molar-refractivity contribution in [2.75, 3.05) is 85.9 Å². The van der Waals surface area contributed by atoms with Crippen molar-refractivity contribution in [1.82, 2.24) is 0 Å². The van der Waals surface area contributed by atoms with Crippen LogP contribution in [0, 0.1) is 45.3 Å². The van der Waals surface area contributed by atoms with E-state index in [0.29, 0.717) is 151 Å². The molecule has 4 aromatic heterocycles. The van der Waals surface area contributed by atoms with Gasteiger partial charge in [-0.05, 0) is 192 Å². The van der Waals surface area contributed by atoms with E-state index in [1.54, 1.807) is 45.0 Å². The molecule has 10 heterocycles. The number of nitriles is 4. The molecule has 2 fully saturated rings. The SMILES string of the molecule is C.C1CCOC1.CC1(C)OB(C2=CCOCC2)OC1(C)C.CCOC(=O)c1sc(Br)c(C#N)c1Br.CCOC(=O)c1sc(C2=CCOCC2)c(C#N)c1Br.CCOC(=O)c1sc(C2=CCOCC2)c(C#N)c1Cc1ccc(Cl)cc1.N#Cc1c(C2=CCOCC2)sc(C(=O)O)c1Cc1ccc(Cl)cc1. The number of rotatable bonds is 15. The summed E-state index contributed by atoms with van der Waals surface area (Å²) in [5.74, 6) is -2.18. The summed E-state index contributed by atoms with van der Waals surface area (Å²) in [6.07, 6.45) is 14.5. The first-order chi connectivity index (χ1) is 49.5. The maximum Gasteiger partial charge on any atom is 0.490 e. The number of carboxylic acid groups (broad SMARTS) is 1. The van der Waals surface area contributed by atoms with Crippen molar-refractivity contribution in [3.63, 3.8) is 0 Å². The Morgan fingerprint density at radius 1 is 0.500 bits per heavy atom. The van der Waals surface area contributed by atoms with Gasteiger partial charge in [-0.15, -0.1) is 45.3 Å². The number of hydrogen-bond donors (Lipinski definition) is 1. The molecule has 0 aliphatic carbocycles. The van der Waals surface area contributed by atoms with Crippen LogP contribution in [-0.2, 0) is 60.0 Å². The number of benzene rings is 2. The van der Waals surface area contributed by atoms with Crippen molar-refractivity contribution >= 4 is 164 Å². The Morgan fingerprint density at radius 3 is 1.20 bits per heavy atom. The molecule has 1 N–H and O–H groups in total. The maximum atomic E-state index is 12.5. The monoisotopic (exact) mass is 1720 g/mol. The molecule has 29 heteroatoms. The van der Waals surface area contributed by atoms with Crippen LogP contribution < -0.4 is 0 Å². The van der Waals surface area contributed by atoms with Crippen molar-refractivity contribution < 1.29 is 71.5 Å². The third kappa shape index (κ3) is 23.7. The van der Waals surface area contributed by atoms with Crippen LogP contribution in [0.4, 0.5) is 0 Å². The van der Waals surface area contributed by atoms with E-state index in [1.807, 2.05) is 48.6 Å². The van der Waals surface area contributed by atoms with Gasteiger partial charge in [0.15, 0.2) is 0 Å². The second-order valence-corrected chi connectivity index (χ2v) is 31.6. The lowest BCUT2D eigenvalue weighted by atomic mass is 9.75. The highest BCUT2D eigenvalue weighted by Gasteiger charge is 2.52. The molecule has 0 amide bonds. The molecule has 0 spiro atoms. The number of esters is 3. The van der Waals surface area contributed by atoms with E-state index < -0.39 is 17.9 Å². The molecule has 104 heavy (non-hydrogen) atoms. The Balaban J connectivity index is 0.000000203. The van der Waals surface area contributed by atoms with Crippen LogP contribution in [0.25, 0.3) is 16.7 Å². The number of carbonyl (C=O) groups is 4. The molecule has 552 valence electrons. The van der Waals surface area contributed by atoms with Crippen molar-refractivity contribution in [3.05, 3.63) is 180 Å². The summed E-state index contributed by atoms with van der Waals surface area (Å²) < 4.78 is 54.8. The number of aromatic carboxylic acids is 1. The van der Waals surface area contributed by atoms with E-state index >= 15 is 0 Å². The molecule has 12 rings (SSSR count). The summed E-state index contributed by atoms with van der Waals surface area (Å²) in [4.78, 5) is 51.4. The van der Waals surface area contributed by atoms with Gasteiger partial charge in [0.25, 0.3) is 0 Å². The predicted molar refractivity (Wildman–Crippen MR) is 419 cm³/mol. The molecule has 2 saturated heterocycles. The summed E-state index contributed by atoms with van der Waals surface area (Å²) in [6.45, 7) is 21.4. The highest BCUT2D eigenvalue weighted by Crippen LogP contribution is 2.43. The van der Waals surface area contributed by atoms with Gasteiger partial charge in [0.2, 0.25) is 0 Å². The zero-order valence-electron chi connectivity index (χ0n) is 57.8. The van der Waals surface area contributed by atoms with Crippen LogP contribution in [0.3, 0.4) is 0 Å². The molecular weight excluding hydrogens is 1650 g/mol. The van der Waals surface area contributed by atoms with Crippen LogP contribution >= 0.6 is 116 Å². The highest BCUT2D eigenvalue weighted by atomic mass is 79.9. The summed E-state index contributed by atoms with van der Waals surface area (Å²) in [5.41, 5.74) is 9.00. The minimum absolute atomic E-state index is 0. The fourth-order valence-electron chi connectivity index (χ4n) is 10.4. The standard InChI is InChI=1S/C20H18ClNO3S.C18H14ClNO3S.C13H12BrNO3S.C11H19BO3.C8H5Br2NO2S.C4H8O.CH4/c1-2-25-20(23)19-16(11-13-3-5-15(21)6-4-13)17(12-22)18(26-19)14-7-9-24-10-8-14;19-13-3-1-11(2-4-13)9-14-15(10-20)16(24-17(14)18(21)22)12-5-7-23-8-6-12;1-2-18-13(16)12-10(14)9(7-15)11(19-12)8-3-5-17-6-4-8;1-10(2)11(3,4)15-12(14-10)9-5-7-13-8-6-9;1-2-13-8(12)6-5(9)4(3-11)7(10)14-6;1-2-4-5-3-1;/h3-7H,2,8-11H2,1H3;1-5H,6-9H2,(H,21,22);3H,2,4-6H2,1H3;5H,6-8H2,1-4H3;2H2,1H3;1-4H2;1H4. The lowest BCUT2D eigenvalue weighted by Gasteiger charge is -2.32. The fourth-order valence-corrected chi connectivity index (χ4v) is 17.6. The number of carboxylic acids is 1. The molecular formula is C75H80BBr3Cl2N4O15S4. The van der Waals surface area contributed by atoms with Gasteiger partial charge in [-0.25, -0.2) is 19.2 Å². The summed E-state index contributed by atoms with van der Waals surface area (Å²) in [6, 6.07) is 23.3. The van der Waals surface area contributed by atoms with Crippen molar-refractivity contribution in [3.8, 4) is 24.3 Å². The second kappa shape index (κ2) is 43.0. The van der Waals surface area contributed by atoms with Gasteiger partial charge in [-0.1, -0.05) is 79.2 Å². The van der Waals surface area contributed by atoms with Gasteiger partial charge in [0.1, 0.15) is 43.8 Å². The van der Waals surface area contributed by atoms with Crippen LogP contribution in [0.5, 0.6) is 0 Å². The van der Waals surface area contributed by atoms with E-state index in [9.17, 15) is 40.1 Å². The lowest BCUT2D eigenvalue weighted by Crippen LogP contribution is -2.41. The first-order valence-corrected chi connectivity index (χ1v) is 39.3. The van der Waals surface area contributed by atoms with Gasteiger partial charge >= 0.3 is 31.0 Å². The van der Waals surface area contributed by atoms with E-state index in [4.69, 9.17) is 75.7 Å². The molecule has 19 nitrogen and oxygen atoms in total. The Hall–Kier alpha value is -6.16. The van der Waals surface area contributed by atoms with Gasteiger partial charge < -0.3 is 52.3 Å². The highest BCUT2D eigenvalue weighted by molar-refractivity contribution is 9.11. The van der Waals surface area contributed by atoms with Gasteiger partial charge in [-0.2, -0.15) is 21.0 Å². The van der Waals surface area contributed by atoms with E-state index in [0.717, 1.165) is 87.1 Å². The Bertz CT molecular complexity index is 4260. The van der Waals surface area contributed by atoms with Crippen LogP contribution in [0.1, 0.15) is 192 Å². The normalized spacial score (nSPS) is 16.0. The first kappa shape index (κ1) is 86.8. The smallest absolute Gasteiger partial charge is 0.477 e. The number of carbonyl (C=O) groups excluding carboxylic acids is 3. The third-order valence-corrected chi connectivity index (χ3v) is 24.7. The van der Waals surface area contributed by atoms with E-state index in [2.05, 4.69) is 99.8 Å². The van der Waals surface area contributed by atoms with E-state index in [-0.39, 0.29) is 36.6 Å². The van der Waals surface area contributed by atoms with Crippen molar-refractivity contribution in [1.29, 1.82) is 21.0 Å². The minimum Gasteiger partial charge on any atom is -0.477 e. The second-order valence-electron chi connectivity index (χ2n) is 23.8. The molecule has 0 saturated carbocycles. The lowest BCUT2D eigenvalue weighted by molar-refractivity contribution is 0.00578. The van der Waals surface area contributed by atoms with Crippen LogP contribution in [0.15, 0.2) is 91.0 Å². The number of hydrogen-bond acceptors (Lipinski definition) is 22. The van der Waals surface area contributed by atoms with Gasteiger partial charge in [0, 0.05) is 61.9 Å².